The zero-order valence-electron chi connectivity index (χ0n) is 10.8. The zero-order valence-corrected chi connectivity index (χ0v) is 10.8. The maximum atomic E-state index is 5.81. The van der Waals surface area contributed by atoms with E-state index in [0.29, 0.717) is 13.2 Å². The third kappa shape index (κ3) is 2.06. The van der Waals surface area contributed by atoms with Crippen LogP contribution in [0, 0.1) is 6.92 Å². The quantitative estimate of drug-likeness (QED) is 0.771. The minimum atomic E-state index is -0.369. The lowest BCUT2D eigenvalue weighted by Crippen LogP contribution is -2.49. The molecule has 0 saturated carbocycles. The monoisotopic (exact) mass is 248 g/mol. The summed E-state index contributed by atoms with van der Waals surface area (Å²) >= 11 is 0. The second-order valence-corrected chi connectivity index (χ2v) is 5.18. The lowest BCUT2D eigenvalue weighted by Gasteiger charge is -2.40. The van der Waals surface area contributed by atoms with Crippen molar-refractivity contribution in [1.29, 1.82) is 0 Å². The predicted octanol–water partition coefficient (Wildman–Crippen LogP) is 1.92. The van der Waals surface area contributed by atoms with Gasteiger partial charge < -0.3 is 20.1 Å². The zero-order chi connectivity index (χ0) is 12.6. The lowest BCUT2D eigenvalue weighted by molar-refractivity contribution is -0.161. The van der Waals surface area contributed by atoms with E-state index < -0.39 is 0 Å². The van der Waals surface area contributed by atoms with Gasteiger partial charge in [-0.1, -0.05) is 0 Å². The maximum Gasteiger partial charge on any atom is 0.186 e. The highest BCUT2D eigenvalue weighted by atomic mass is 16.7. The lowest BCUT2D eigenvalue weighted by atomic mass is 10.0. The number of hydrogen-bond donors (Lipinski definition) is 1. The van der Waals surface area contributed by atoms with Gasteiger partial charge in [-0.05, 0) is 37.1 Å². The summed E-state index contributed by atoms with van der Waals surface area (Å²) in [6.07, 6.45) is 2.10. The highest BCUT2D eigenvalue weighted by Gasteiger charge is 2.40. The van der Waals surface area contributed by atoms with E-state index in [0.717, 1.165) is 31.6 Å². The summed E-state index contributed by atoms with van der Waals surface area (Å²) in [5.41, 5.74) is 9.07. The summed E-state index contributed by atoms with van der Waals surface area (Å²) in [7, 11) is 0. The van der Waals surface area contributed by atoms with Crippen molar-refractivity contribution in [3.63, 3.8) is 0 Å². The van der Waals surface area contributed by atoms with Gasteiger partial charge in [0.1, 0.15) is 0 Å². The molecule has 0 radical (unpaired) electrons. The van der Waals surface area contributed by atoms with E-state index in [-0.39, 0.29) is 5.79 Å². The number of ether oxygens (including phenoxy) is 2. The van der Waals surface area contributed by atoms with Crippen LogP contribution in [0.2, 0.25) is 0 Å². The van der Waals surface area contributed by atoms with Crippen molar-refractivity contribution >= 4 is 11.4 Å². The molecule has 1 aromatic carbocycles. The van der Waals surface area contributed by atoms with Gasteiger partial charge in [-0.25, -0.2) is 0 Å². The fraction of sp³-hybridized carbons (Fsp3) is 0.571. The Hall–Kier alpha value is -1.26. The van der Waals surface area contributed by atoms with Crippen LogP contribution in [0.25, 0.3) is 0 Å². The van der Waals surface area contributed by atoms with Crippen LogP contribution in [0.3, 0.4) is 0 Å². The molecule has 2 aliphatic rings. The van der Waals surface area contributed by atoms with Gasteiger partial charge in [-0.3, -0.25) is 0 Å². The number of aryl methyl sites for hydroxylation is 1. The van der Waals surface area contributed by atoms with E-state index in [1.54, 1.807) is 0 Å². The topological polar surface area (TPSA) is 47.7 Å². The van der Waals surface area contributed by atoms with E-state index in [1.165, 1.54) is 11.3 Å². The van der Waals surface area contributed by atoms with E-state index in [2.05, 4.69) is 17.9 Å². The molecule has 0 amide bonds. The molecule has 0 aliphatic carbocycles. The van der Waals surface area contributed by atoms with Crippen LogP contribution in [-0.4, -0.2) is 32.1 Å². The Labute approximate surface area is 108 Å². The molecular formula is C14H20N2O2. The molecule has 3 rings (SSSR count). The van der Waals surface area contributed by atoms with Crippen LogP contribution in [0.15, 0.2) is 18.2 Å². The summed E-state index contributed by atoms with van der Waals surface area (Å²) < 4.78 is 11.6. The molecule has 0 unspecified atom stereocenters. The van der Waals surface area contributed by atoms with Gasteiger partial charge in [0.15, 0.2) is 5.79 Å². The summed E-state index contributed by atoms with van der Waals surface area (Å²) in [4.78, 5) is 2.35. The Morgan fingerprint density at radius 3 is 2.78 bits per heavy atom. The molecule has 4 nitrogen and oxygen atoms in total. The van der Waals surface area contributed by atoms with Crippen molar-refractivity contribution in [2.75, 3.05) is 36.9 Å². The molecule has 2 aliphatic heterocycles. The van der Waals surface area contributed by atoms with Crippen molar-refractivity contribution in [1.82, 2.24) is 0 Å². The molecule has 2 fully saturated rings. The smallest absolute Gasteiger partial charge is 0.186 e. The molecule has 4 heteroatoms. The van der Waals surface area contributed by atoms with Gasteiger partial charge in [-0.2, -0.15) is 0 Å². The summed E-state index contributed by atoms with van der Waals surface area (Å²) in [6, 6.07) is 6.07. The second-order valence-electron chi connectivity index (χ2n) is 5.18. The molecule has 18 heavy (non-hydrogen) atoms. The molecule has 98 valence electrons. The molecule has 1 spiro atoms. The Morgan fingerprint density at radius 1 is 1.28 bits per heavy atom. The SMILES string of the molecule is Cc1cc(N)ccc1N1CCCC2(C1)OCCO2. The fourth-order valence-electron chi connectivity index (χ4n) is 2.96. The molecular weight excluding hydrogens is 228 g/mol. The number of nitrogens with two attached hydrogens (primary N) is 1. The molecule has 0 aromatic heterocycles. The van der Waals surface area contributed by atoms with Crippen molar-refractivity contribution in [3.05, 3.63) is 23.8 Å². The Kier molecular flexibility index (Phi) is 2.92. The van der Waals surface area contributed by atoms with Gasteiger partial charge in [0, 0.05) is 24.3 Å². The van der Waals surface area contributed by atoms with E-state index in [9.17, 15) is 0 Å². The molecule has 0 atom stereocenters. The van der Waals surface area contributed by atoms with Crippen LogP contribution in [0.4, 0.5) is 11.4 Å². The van der Waals surface area contributed by atoms with E-state index in [4.69, 9.17) is 15.2 Å². The number of nitrogen functional groups attached to an aromatic ring is 1. The average molecular weight is 248 g/mol. The van der Waals surface area contributed by atoms with E-state index >= 15 is 0 Å². The first-order chi connectivity index (χ1) is 8.69. The van der Waals surface area contributed by atoms with Crippen molar-refractivity contribution in [2.24, 2.45) is 0 Å². The van der Waals surface area contributed by atoms with Crippen molar-refractivity contribution in [3.8, 4) is 0 Å². The largest absolute Gasteiger partial charge is 0.399 e. The normalized spacial score (nSPS) is 22.6. The van der Waals surface area contributed by atoms with Crippen LogP contribution < -0.4 is 10.6 Å². The number of benzene rings is 1. The first-order valence-electron chi connectivity index (χ1n) is 6.58. The molecule has 2 saturated heterocycles. The highest BCUT2D eigenvalue weighted by molar-refractivity contribution is 5.59. The molecule has 1 aromatic rings. The highest BCUT2D eigenvalue weighted by Crippen LogP contribution is 2.34. The summed E-state index contributed by atoms with van der Waals surface area (Å²) in [5, 5.41) is 0. The summed E-state index contributed by atoms with van der Waals surface area (Å²) in [6.45, 7) is 5.41. The number of nitrogens with zero attached hydrogens (tertiary/aromatic N) is 1. The Bertz CT molecular complexity index is 441. The third-order valence-corrected chi connectivity index (χ3v) is 3.79. The molecule has 2 N–H and O–H groups in total. The van der Waals surface area contributed by atoms with Crippen molar-refractivity contribution in [2.45, 2.75) is 25.6 Å². The predicted molar refractivity (Wildman–Crippen MR) is 71.7 cm³/mol. The molecule has 0 bridgehead atoms. The average Bonchev–Trinajstić information content (AvgIpc) is 2.77. The van der Waals surface area contributed by atoms with Gasteiger partial charge in [0.05, 0.1) is 19.8 Å². The minimum absolute atomic E-state index is 0.369. The fourth-order valence-corrected chi connectivity index (χ4v) is 2.96. The number of hydrogen-bond acceptors (Lipinski definition) is 4. The molecule has 2 heterocycles. The summed E-state index contributed by atoms with van der Waals surface area (Å²) in [5.74, 6) is -0.369. The van der Waals surface area contributed by atoms with E-state index in [1.807, 2.05) is 12.1 Å². The Balaban J connectivity index is 1.83. The second kappa shape index (κ2) is 4.44. The number of rotatable bonds is 1. The van der Waals surface area contributed by atoms with Gasteiger partial charge in [0.25, 0.3) is 0 Å². The van der Waals surface area contributed by atoms with Gasteiger partial charge in [-0.15, -0.1) is 0 Å². The van der Waals surface area contributed by atoms with Gasteiger partial charge in [0.2, 0.25) is 0 Å². The van der Waals surface area contributed by atoms with Gasteiger partial charge >= 0.3 is 0 Å². The van der Waals surface area contributed by atoms with Crippen LogP contribution >= 0.6 is 0 Å². The van der Waals surface area contributed by atoms with Crippen LogP contribution in [0.5, 0.6) is 0 Å². The third-order valence-electron chi connectivity index (χ3n) is 3.79. The Morgan fingerprint density at radius 2 is 2.06 bits per heavy atom. The maximum absolute atomic E-state index is 5.81. The van der Waals surface area contributed by atoms with Crippen LogP contribution in [0.1, 0.15) is 18.4 Å². The number of anilines is 2. The number of piperidine rings is 1. The van der Waals surface area contributed by atoms with Crippen molar-refractivity contribution < 1.29 is 9.47 Å². The minimum Gasteiger partial charge on any atom is -0.399 e. The first-order valence-corrected chi connectivity index (χ1v) is 6.58. The standard InChI is InChI=1S/C14H20N2O2/c1-11-9-12(15)3-4-13(11)16-6-2-5-14(10-16)17-7-8-18-14/h3-4,9H,2,5-8,10,15H2,1H3. The van der Waals surface area contributed by atoms with Crippen LogP contribution in [-0.2, 0) is 9.47 Å². The first kappa shape index (κ1) is 11.8.